The van der Waals surface area contributed by atoms with Gasteiger partial charge in [-0.25, -0.2) is 26.3 Å². The number of alkyl halides is 3. The summed E-state index contributed by atoms with van der Waals surface area (Å²) in [4.78, 5) is 0. The summed E-state index contributed by atoms with van der Waals surface area (Å²) in [5.74, 6) is -9.99. The third-order valence-electron chi connectivity index (χ3n) is 6.09. The number of hydrogen-bond donors (Lipinski definition) is 0. The lowest BCUT2D eigenvalue weighted by atomic mass is 9.97. The van der Waals surface area contributed by atoms with Crippen LogP contribution in [0.25, 0.3) is 33.9 Å². The molecule has 0 N–H and O–H groups in total. The average Bonchev–Trinajstić information content (AvgIpc) is 2.87. The Labute approximate surface area is 218 Å². The topological polar surface area (TPSA) is 0 Å². The molecule has 0 atom stereocenters. The monoisotopic (exact) mass is 550 g/mol. The molecule has 0 radical (unpaired) electrons. The molecular weight excluding hydrogens is 531 g/mol. The van der Waals surface area contributed by atoms with Crippen molar-refractivity contribution in [3.05, 3.63) is 118 Å². The van der Waals surface area contributed by atoms with Gasteiger partial charge >= 0.3 is 6.18 Å². The molecule has 0 unspecified atom stereocenters. The summed E-state index contributed by atoms with van der Waals surface area (Å²) in [5, 5.41) is 0. The molecule has 0 nitrogen and oxygen atoms in total. The lowest BCUT2D eigenvalue weighted by Crippen LogP contribution is -2.08. The molecule has 0 aliphatic rings. The second kappa shape index (κ2) is 11.0. The molecule has 0 aliphatic carbocycles. The van der Waals surface area contributed by atoms with Crippen LogP contribution < -0.4 is 0 Å². The van der Waals surface area contributed by atoms with Gasteiger partial charge in [0.25, 0.3) is 0 Å². The second-order valence-corrected chi connectivity index (χ2v) is 8.78. The molecule has 39 heavy (non-hydrogen) atoms. The summed E-state index contributed by atoms with van der Waals surface area (Å²) in [6.45, 7) is 2.04. The Morgan fingerprint density at radius 1 is 0.615 bits per heavy atom. The highest BCUT2D eigenvalue weighted by molar-refractivity contribution is 5.84. The molecular formula is C30H19F9. The quantitative estimate of drug-likeness (QED) is 0.166. The minimum Gasteiger partial charge on any atom is -0.206 e. The zero-order valence-corrected chi connectivity index (χ0v) is 20.2. The SMILES string of the molecule is CCCc1ccc(-c2ccc(-c3cc(F)c(/C(F)=C(\F)c4ccc(C(F)(F)F)c(F)c4)c(F)c3)c(F)c2)cc1. The van der Waals surface area contributed by atoms with Gasteiger partial charge in [-0.1, -0.05) is 55.8 Å². The predicted octanol–water partition coefficient (Wildman–Crippen LogP) is 10.3. The molecule has 9 heteroatoms. The normalized spacial score (nSPS) is 12.5. The van der Waals surface area contributed by atoms with Gasteiger partial charge in [0.2, 0.25) is 0 Å². The van der Waals surface area contributed by atoms with Gasteiger partial charge in [0, 0.05) is 11.1 Å². The van der Waals surface area contributed by atoms with E-state index in [1.165, 1.54) is 18.2 Å². The first-order valence-electron chi connectivity index (χ1n) is 11.7. The van der Waals surface area contributed by atoms with Crippen LogP contribution in [0.1, 0.15) is 35.6 Å². The van der Waals surface area contributed by atoms with Crippen molar-refractivity contribution in [1.29, 1.82) is 0 Å². The van der Waals surface area contributed by atoms with Gasteiger partial charge in [-0.3, -0.25) is 0 Å². The van der Waals surface area contributed by atoms with Crippen LogP contribution in [0, 0.1) is 23.3 Å². The van der Waals surface area contributed by atoms with Crippen molar-refractivity contribution in [2.24, 2.45) is 0 Å². The number of benzene rings is 4. The Morgan fingerprint density at radius 3 is 1.74 bits per heavy atom. The highest BCUT2D eigenvalue weighted by atomic mass is 19.4. The van der Waals surface area contributed by atoms with E-state index in [0.717, 1.165) is 24.0 Å². The summed E-state index contributed by atoms with van der Waals surface area (Å²) in [5.41, 5.74) is -2.35. The van der Waals surface area contributed by atoms with Crippen molar-refractivity contribution in [2.45, 2.75) is 25.9 Å². The first-order chi connectivity index (χ1) is 18.4. The number of rotatable bonds is 6. The molecule has 0 heterocycles. The lowest BCUT2D eigenvalue weighted by Gasteiger charge is -2.11. The maximum Gasteiger partial charge on any atom is 0.419 e. The van der Waals surface area contributed by atoms with Crippen LogP contribution >= 0.6 is 0 Å². The number of halogens is 9. The van der Waals surface area contributed by atoms with Crippen LogP contribution in [0.3, 0.4) is 0 Å². The third kappa shape index (κ3) is 5.87. The molecule has 0 spiro atoms. The van der Waals surface area contributed by atoms with Gasteiger partial charge in [-0.2, -0.15) is 13.2 Å². The zero-order chi connectivity index (χ0) is 28.5. The Bertz CT molecular complexity index is 1530. The van der Waals surface area contributed by atoms with Gasteiger partial charge in [0.05, 0.1) is 11.1 Å². The van der Waals surface area contributed by atoms with E-state index < -0.39 is 57.8 Å². The molecule has 0 saturated heterocycles. The van der Waals surface area contributed by atoms with Crippen LogP contribution in [-0.2, 0) is 12.6 Å². The first kappa shape index (κ1) is 28.0. The fraction of sp³-hybridized carbons (Fsp3) is 0.133. The minimum absolute atomic E-state index is 0.0657. The van der Waals surface area contributed by atoms with Crippen molar-refractivity contribution in [3.8, 4) is 22.3 Å². The predicted molar refractivity (Wildman–Crippen MR) is 132 cm³/mol. The Kier molecular flexibility index (Phi) is 7.90. The first-order valence-corrected chi connectivity index (χ1v) is 11.7. The highest BCUT2D eigenvalue weighted by Gasteiger charge is 2.34. The molecule has 4 rings (SSSR count). The smallest absolute Gasteiger partial charge is 0.206 e. The third-order valence-corrected chi connectivity index (χ3v) is 6.09. The molecule has 0 saturated carbocycles. The minimum atomic E-state index is -5.08. The van der Waals surface area contributed by atoms with E-state index in [-0.39, 0.29) is 23.3 Å². The summed E-state index contributed by atoms with van der Waals surface area (Å²) in [6.07, 6.45) is -3.22. The standard InChI is InChI=1S/C30H19F9/c1-2-3-16-4-6-17(7-5-16)18-8-10-21(23(31)12-18)20-14-25(33)27(26(34)15-20)29(36)28(35)19-9-11-22(24(32)13-19)30(37,38)39/h4-15H,2-3H2,1H3/b29-28+. The summed E-state index contributed by atoms with van der Waals surface area (Å²) in [7, 11) is 0. The van der Waals surface area contributed by atoms with E-state index in [9.17, 15) is 39.5 Å². The molecule has 0 aromatic heterocycles. The van der Waals surface area contributed by atoms with E-state index in [2.05, 4.69) is 0 Å². The van der Waals surface area contributed by atoms with Crippen molar-refractivity contribution in [2.75, 3.05) is 0 Å². The van der Waals surface area contributed by atoms with Crippen molar-refractivity contribution in [1.82, 2.24) is 0 Å². The van der Waals surface area contributed by atoms with Gasteiger partial charge in [0.15, 0.2) is 11.7 Å². The number of hydrogen-bond acceptors (Lipinski definition) is 0. The average molecular weight is 550 g/mol. The molecule has 0 fully saturated rings. The van der Waals surface area contributed by atoms with Gasteiger partial charge in [0.1, 0.15) is 23.3 Å². The molecule has 0 aliphatic heterocycles. The van der Waals surface area contributed by atoms with Crippen molar-refractivity contribution in [3.63, 3.8) is 0 Å². The van der Waals surface area contributed by atoms with E-state index in [1.807, 2.05) is 31.2 Å². The molecule has 4 aromatic carbocycles. The van der Waals surface area contributed by atoms with E-state index in [4.69, 9.17) is 0 Å². The van der Waals surface area contributed by atoms with Crippen molar-refractivity contribution < 1.29 is 39.5 Å². The molecule has 4 aromatic rings. The summed E-state index contributed by atoms with van der Waals surface area (Å²) < 4.78 is 126. The summed E-state index contributed by atoms with van der Waals surface area (Å²) in [6, 6.07) is 13.3. The van der Waals surface area contributed by atoms with Crippen LogP contribution in [0.15, 0.2) is 72.8 Å². The fourth-order valence-corrected chi connectivity index (χ4v) is 4.14. The maximum atomic E-state index is 14.9. The van der Waals surface area contributed by atoms with Crippen LogP contribution in [0.4, 0.5) is 39.5 Å². The van der Waals surface area contributed by atoms with Gasteiger partial charge < -0.3 is 0 Å². The largest absolute Gasteiger partial charge is 0.419 e. The van der Waals surface area contributed by atoms with E-state index >= 15 is 0 Å². The van der Waals surface area contributed by atoms with Crippen LogP contribution in [-0.4, -0.2) is 0 Å². The highest BCUT2D eigenvalue weighted by Crippen LogP contribution is 2.38. The van der Waals surface area contributed by atoms with Crippen molar-refractivity contribution >= 4 is 11.7 Å². The van der Waals surface area contributed by atoms with E-state index in [0.29, 0.717) is 23.8 Å². The molecule has 0 amide bonds. The van der Waals surface area contributed by atoms with E-state index in [1.54, 1.807) is 0 Å². The van der Waals surface area contributed by atoms with Crippen LogP contribution in [0.2, 0.25) is 0 Å². The lowest BCUT2D eigenvalue weighted by molar-refractivity contribution is -0.140. The zero-order valence-electron chi connectivity index (χ0n) is 20.2. The van der Waals surface area contributed by atoms with Gasteiger partial charge in [-0.05, 0) is 59.0 Å². The molecule has 0 bridgehead atoms. The van der Waals surface area contributed by atoms with Gasteiger partial charge in [-0.15, -0.1) is 0 Å². The second-order valence-electron chi connectivity index (χ2n) is 8.78. The Morgan fingerprint density at radius 2 is 1.21 bits per heavy atom. The Balaban J connectivity index is 1.67. The summed E-state index contributed by atoms with van der Waals surface area (Å²) >= 11 is 0. The fourth-order valence-electron chi connectivity index (χ4n) is 4.14. The Hall–Kier alpha value is -4.01. The number of aryl methyl sites for hydroxylation is 1. The van der Waals surface area contributed by atoms with Crippen LogP contribution in [0.5, 0.6) is 0 Å². The molecule has 202 valence electrons. The maximum absolute atomic E-state index is 14.9.